The fraction of sp³-hybridized carbons (Fsp3) is 0.111. The van der Waals surface area contributed by atoms with Gasteiger partial charge < -0.3 is 5.32 Å². The molecule has 1 aromatic heterocycles. The van der Waals surface area contributed by atoms with Gasteiger partial charge in [-0.2, -0.15) is 0 Å². The van der Waals surface area contributed by atoms with E-state index in [9.17, 15) is 19.2 Å². The molecule has 124 valence electrons. The molecule has 2 heterocycles. The van der Waals surface area contributed by atoms with E-state index in [4.69, 9.17) is 0 Å². The predicted octanol–water partition coefficient (Wildman–Crippen LogP) is 1.03. The lowest BCUT2D eigenvalue weighted by Gasteiger charge is -2.19. The third-order valence-corrected chi connectivity index (χ3v) is 4.52. The van der Waals surface area contributed by atoms with E-state index >= 15 is 0 Å². The van der Waals surface area contributed by atoms with Gasteiger partial charge in [0.05, 0.1) is 0 Å². The molecule has 0 unspecified atom stereocenters. The number of hydrogen-bond acceptors (Lipinski definition) is 4. The molecule has 0 spiro atoms. The molecular formula is C18H13N3O4. The first-order valence-electron chi connectivity index (χ1n) is 7.59. The molecule has 0 atom stereocenters. The van der Waals surface area contributed by atoms with E-state index in [0.29, 0.717) is 10.9 Å². The van der Waals surface area contributed by atoms with Crippen LogP contribution in [0.3, 0.4) is 0 Å². The zero-order chi connectivity index (χ0) is 17.9. The standard InChI is InChI=1S/C18H13N3O4/c1-20-15-13(17(24)21(2)18(20)25)14(22)10-7-3-5-9-6-4-8-11(12(9)10)16(23)19-15/h3-8H,1-2H3,(H,19,23). The van der Waals surface area contributed by atoms with Crippen LogP contribution in [0, 0.1) is 0 Å². The molecular weight excluding hydrogens is 322 g/mol. The number of anilines is 1. The Morgan fingerprint density at radius 3 is 2.16 bits per heavy atom. The molecule has 7 nitrogen and oxygen atoms in total. The fourth-order valence-corrected chi connectivity index (χ4v) is 3.22. The average molecular weight is 335 g/mol. The topological polar surface area (TPSA) is 90.2 Å². The predicted molar refractivity (Wildman–Crippen MR) is 92.3 cm³/mol. The number of carbonyl (C=O) groups is 2. The number of nitrogens with one attached hydrogen (secondary N) is 1. The number of ketones is 1. The van der Waals surface area contributed by atoms with Crippen molar-refractivity contribution >= 4 is 28.3 Å². The maximum absolute atomic E-state index is 13.1. The number of fused-ring (bicyclic) bond motifs is 1. The molecule has 25 heavy (non-hydrogen) atoms. The van der Waals surface area contributed by atoms with Crippen molar-refractivity contribution in [2.45, 2.75) is 0 Å². The molecule has 0 fully saturated rings. The Labute approximate surface area is 141 Å². The zero-order valence-corrected chi connectivity index (χ0v) is 13.5. The van der Waals surface area contributed by atoms with Crippen LogP contribution in [-0.4, -0.2) is 20.8 Å². The highest BCUT2D eigenvalue weighted by Crippen LogP contribution is 2.29. The van der Waals surface area contributed by atoms with Gasteiger partial charge in [0.2, 0.25) is 5.78 Å². The Kier molecular flexibility index (Phi) is 3.02. The van der Waals surface area contributed by atoms with Crippen LogP contribution in [0.1, 0.15) is 26.3 Å². The molecule has 0 radical (unpaired) electrons. The van der Waals surface area contributed by atoms with Crippen LogP contribution in [0.15, 0.2) is 46.0 Å². The van der Waals surface area contributed by atoms with E-state index in [1.807, 2.05) is 0 Å². The first-order chi connectivity index (χ1) is 11.9. The van der Waals surface area contributed by atoms with Gasteiger partial charge in [0, 0.05) is 30.6 Å². The van der Waals surface area contributed by atoms with Gasteiger partial charge in [0.1, 0.15) is 11.4 Å². The van der Waals surface area contributed by atoms with Crippen molar-refractivity contribution in [3.8, 4) is 0 Å². The molecule has 0 bridgehead atoms. The lowest BCUT2D eigenvalue weighted by atomic mass is 9.92. The van der Waals surface area contributed by atoms with Crippen molar-refractivity contribution in [3.05, 3.63) is 73.9 Å². The van der Waals surface area contributed by atoms with Crippen molar-refractivity contribution in [2.75, 3.05) is 5.32 Å². The van der Waals surface area contributed by atoms with Crippen LogP contribution in [0.5, 0.6) is 0 Å². The van der Waals surface area contributed by atoms with Crippen LogP contribution < -0.4 is 16.6 Å². The van der Waals surface area contributed by atoms with Gasteiger partial charge in [-0.15, -0.1) is 0 Å². The highest BCUT2D eigenvalue weighted by molar-refractivity contribution is 6.26. The molecule has 4 rings (SSSR count). The minimum absolute atomic E-state index is 0.0883. The van der Waals surface area contributed by atoms with Crippen molar-refractivity contribution < 1.29 is 9.59 Å². The highest BCUT2D eigenvalue weighted by Gasteiger charge is 2.29. The molecule has 3 aromatic rings. The molecule has 1 aliphatic heterocycles. The SMILES string of the molecule is Cn1c2c(c(=O)n(C)c1=O)C(=O)c1cccc3cccc(c13)C(=O)N2. The third-order valence-electron chi connectivity index (χ3n) is 4.52. The quantitative estimate of drug-likeness (QED) is 0.664. The molecule has 2 aromatic carbocycles. The van der Waals surface area contributed by atoms with Gasteiger partial charge in [-0.3, -0.25) is 23.5 Å². The van der Waals surface area contributed by atoms with Gasteiger partial charge in [0.25, 0.3) is 11.5 Å². The lowest BCUT2D eigenvalue weighted by molar-refractivity contribution is 0.102. The van der Waals surface area contributed by atoms with Crippen LogP contribution in [0.2, 0.25) is 0 Å². The summed E-state index contributed by atoms with van der Waals surface area (Å²) in [6.07, 6.45) is 0. The van der Waals surface area contributed by atoms with E-state index in [1.54, 1.807) is 36.4 Å². The number of aromatic nitrogens is 2. The van der Waals surface area contributed by atoms with Crippen molar-refractivity contribution in [2.24, 2.45) is 14.1 Å². The van der Waals surface area contributed by atoms with Crippen LogP contribution in [-0.2, 0) is 14.1 Å². The largest absolute Gasteiger partial charge is 0.332 e. The second-order valence-corrected chi connectivity index (χ2v) is 5.92. The van der Waals surface area contributed by atoms with Crippen molar-refractivity contribution in [1.82, 2.24) is 9.13 Å². The summed E-state index contributed by atoms with van der Waals surface area (Å²) in [5, 5.41) is 3.78. The first kappa shape index (κ1) is 15.1. The monoisotopic (exact) mass is 335 g/mol. The Morgan fingerprint density at radius 1 is 0.840 bits per heavy atom. The zero-order valence-electron chi connectivity index (χ0n) is 13.5. The maximum Gasteiger partial charge on any atom is 0.332 e. The van der Waals surface area contributed by atoms with Crippen molar-refractivity contribution in [3.63, 3.8) is 0 Å². The van der Waals surface area contributed by atoms with E-state index < -0.39 is 22.9 Å². The van der Waals surface area contributed by atoms with E-state index in [-0.39, 0.29) is 16.9 Å². The molecule has 1 aliphatic rings. The number of nitrogens with zero attached hydrogens (tertiary/aromatic N) is 2. The van der Waals surface area contributed by atoms with E-state index in [1.165, 1.54) is 14.1 Å². The summed E-state index contributed by atoms with van der Waals surface area (Å²) < 4.78 is 1.96. The lowest BCUT2D eigenvalue weighted by Crippen LogP contribution is -2.42. The second-order valence-electron chi connectivity index (χ2n) is 5.92. The molecule has 1 amide bonds. The summed E-state index contributed by atoms with van der Waals surface area (Å²) in [5.74, 6) is -1.09. The summed E-state index contributed by atoms with van der Waals surface area (Å²) in [6, 6.07) is 10.2. The van der Waals surface area contributed by atoms with Crippen LogP contribution in [0.4, 0.5) is 5.82 Å². The van der Waals surface area contributed by atoms with Gasteiger partial charge in [-0.25, -0.2) is 4.79 Å². The second kappa shape index (κ2) is 5.01. The van der Waals surface area contributed by atoms with Crippen LogP contribution in [0.25, 0.3) is 10.8 Å². The minimum Gasteiger partial charge on any atom is -0.307 e. The normalized spacial score (nSPS) is 13.2. The van der Waals surface area contributed by atoms with E-state index in [2.05, 4.69) is 5.32 Å². The summed E-state index contributed by atoms with van der Waals surface area (Å²) in [4.78, 5) is 50.6. The average Bonchev–Trinajstić information content (AvgIpc) is 2.62. The van der Waals surface area contributed by atoms with Crippen molar-refractivity contribution in [1.29, 1.82) is 0 Å². The fourth-order valence-electron chi connectivity index (χ4n) is 3.22. The number of carbonyl (C=O) groups excluding carboxylic acids is 2. The summed E-state index contributed by atoms with van der Waals surface area (Å²) >= 11 is 0. The third kappa shape index (κ3) is 1.92. The first-order valence-corrected chi connectivity index (χ1v) is 7.59. The number of hydrogen-bond donors (Lipinski definition) is 1. The maximum atomic E-state index is 13.1. The van der Waals surface area contributed by atoms with E-state index in [0.717, 1.165) is 14.5 Å². The van der Waals surface area contributed by atoms with Gasteiger partial charge in [-0.05, 0) is 11.5 Å². The molecule has 0 saturated heterocycles. The van der Waals surface area contributed by atoms with Crippen LogP contribution >= 0.6 is 0 Å². The highest BCUT2D eigenvalue weighted by atomic mass is 16.2. The number of rotatable bonds is 0. The Bertz CT molecular complexity index is 1210. The molecule has 7 heteroatoms. The number of amides is 1. The Hall–Kier alpha value is -3.48. The summed E-state index contributed by atoms with van der Waals surface area (Å²) in [5.41, 5.74) is -0.996. The Morgan fingerprint density at radius 2 is 1.48 bits per heavy atom. The smallest absolute Gasteiger partial charge is 0.307 e. The van der Waals surface area contributed by atoms with Gasteiger partial charge in [-0.1, -0.05) is 30.3 Å². The summed E-state index contributed by atoms with van der Waals surface area (Å²) in [7, 11) is 2.70. The Balaban J connectivity index is 2.22. The summed E-state index contributed by atoms with van der Waals surface area (Å²) in [6.45, 7) is 0. The molecule has 1 N–H and O–H groups in total. The minimum atomic E-state index is -0.736. The number of benzene rings is 2. The van der Waals surface area contributed by atoms with Gasteiger partial charge in [0.15, 0.2) is 0 Å². The molecule has 0 saturated carbocycles. The van der Waals surface area contributed by atoms with Gasteiger partial charge >= 0.3 is 5.69 Å². The molecule has 0 aliphatic carbocycles.